The number of rotatable bonds is 5. The molecule has 2 aromatic carbocycles. The molecular formula is C20H18ClNO3S. The second-order valence-corrected chi connectivity index (χ2v) is 7.54. The van der Waals surface area contributed by atoms with E-state index in [-0.39, 0.29) is 18.4 Å². The number of hydrogen-bond donors (Lipinski definition) is 1. The van der Waals surface area contributed by atoms with E-state index in [4.69, 9.17) is 16.7 Å². The van der Waals surface area contributed by atoms with Gasteiger partial charge in [-0.1, -0.05) is 35.9 Å². The number of halogens is 1. The van der Waals surface area contributed by atoms with Crippen LogP contribution in [0.25, 0.3) is 5.57 Å². The molecular weight excluding hydrogens is 370 g/mol. The molecule has 0 saturated heterocycles. The average molecular weight is 388 g/mol. The van der Waals surface area contributed by atoms with Crippen LogP contribution >= 0.6 is 23.4 Å². The monoisotopic (exact) mass is 387 g/mol. The quantitative estimate of drug-likeness (QED) is 0.789. The first-order valence-electron chi connectivity index (χ1n) is 8.14. The van der Waals surface area contributed by atoms with Crippen molar-refractivity contribution >= 4 is 46.4 Å². The predicted molar refractivity (Wildman–Crippen MR) is 106 cm³/mol. The SMILES string of the molecule is Cc1ccc(C2=C(SCCO)C(=O)N(c3cccc(Cl)c3)C2=O)cc1C. The topological polar surface area (TPSA) is 57.6 Å². The molecule has 0 radical (unpaired) electrons. The van der Waals surface area contributed by atoms with Crippen LogP contribution in [-0.4, -0.2) is 29.3 Å². The van der Waals surface area contributed by atoms with Crippen LogP contribution < -0.4 is 4.90 Å². The Bertz CT molecular complexity index is 923. The van der Waals surface area contributed by atoms with Crippen molar-refractivity contribution in [2.75, 3.05) is 17.3 Å². The van der Waals surface area contributed by atoms with Crippen molar-refractivity contribution in [3.8, 4) is 0 Å². The molecule has 3 rings (SSSR count). The van der Waals surface area contributed by atoms with Gasteiger partial charge in [-0.2, -0.15) is 0 Å². The van der Waals surface area contributed by atoms with Gasteiger partial charge in [-0.3, -0.25) is 9.59 Å². The molecule has 1 N–H and O–H groups in total. The molecule has 2 aromatic rings. The Morgan fingerprint density at radius 1 is 1.04 bits per heavy atom. The Morgan fingerprint density at radius 2 is 1.81 bits per heavy atom. The number of carbonyl (C=O) groups is 2. The van der Waals surface area contributed by atoms with Gasteiger partial charge in [-0.15, -0.1) is 11.8 Å². The van der Waals surface area contributed by atoms with Crippen molar-refractivity contribution in [2.45, 2.75) is 13.8 Å². The summed E-state index contributed by atoms with van der Waals surface area (Å²) in [6.45, 7) is 3.89. The second kappa shape index (κ2) is 7.66. The van der Waals surface area contributed by atoms with Crippen LogP contribution in [0.3, 0.4) is 0 Å². The van der Waals surface area contributed by atoms with Crippen LogP contribution in [0.5, 0.6) is 0 Å². The zero-order valence-electron chi connectivity index (χ0n) is 14.5. The zero-order valence-corrected chi connectivity index (χ0v) is 16.0. The van der Waals surface area contributed by atoms with Crippen molar-refractivity contribution in [3.05, 3.63) is 69.1 Å². The van der Waals surface area contributed by atoms with Crippen LogP contribution in [-0.2, 0) is 9.59 Å². The normalized spacial score (nSPS) is 14.5. The van der Waals surface area contributed by atoms with Gasteiger partial charge in [0, 0.05) is 10.8 Å². The maximum Gasteiger partial charge on any atom is 0.272 e. The number of anilines is 1. The minimum absolute atomic E-state index is 0.0764. The van der Waals surface area contributed by atoms with Crippen molar-refractivity contribution in [2.24, 2.45) is 0 Å². The fourth-order valence-corrected chi connectivity index (χ4v) is 3.84. The Hall–Kier alpha value is -2.08. The van der Waals surface area contributed by atoms with E-state index in [1.54, 1.807) is 24.3 Å². The fourth-order valence-electron chi connectivity index (χ4n) is 2.79. The highest BCUT2D eigenvalue weighted by molar-refractivity contribution is 8.04. The number of benzene rings is 2. The summed E-state index contributed by atoms with van der Waals surface area (Å²) in [5.41, 5.74) is 3.67. The van der Waals surface area contributed by atoms with E-state index in [0.717, 1.165) is 16.0 Å². The van der Waals surface area contributed by atoms with E-state index in [9.17, 15) is 9.59 Å². The first-order valence-corrected chi connectivity index (χ1v) is 9.50. The number of thioether (sulfide) groups is 1. The first-order chi connectivity index (χ1) is 12.4. The van der Waals surface area contributed by atoms with Crippen molar-refractivity contribution in [1.29, 1.82) is 0 Å². The third-order valence-corrected chi connectivity index (χ3v) is 5.53. The van der Waals surface area contributed by atoms with Gasteiger partial charge in [0.1, 0.15) is 0 Å². The second-order valence-electron chi connectivity index (χ2n) is 6.00. The number of aryl methyl sites for hydroxylation is 2. The summed E-state index contributed by atoms with van der Waals surface area (Å²) < 4.78 is 0. The fraction of sp³-hybridized carbons (Fsp3) is 0.200. The third kappa shape index (κ3) is 3.43. The number of carbonyl (C=O) groups excluding carboxylic acids is 2. The van der Waals surface area contributed by atoms with E-state index >= 15 is 0 Å². The molecule has 6 heteroatoms. The van der Waals surface area contributed by atoms with E-state index in [2.05, 4.69) is 0 Å². The molecule has 4 nitrogen and oxygen atoms in total. The molecule has 0 spiro atoms. The van der Waals surface area contributed by atoms with Crippen molar-refractivity contribution in [1.82, 2.24) is 0 Å². The number of aliphatic hydroxyl groups is 1. The molecule has 134 valence electrons. The predicted octanol–water partition coefficient (Wildman–Crippen LogP) is 3.97. The number of nitrogens with zero attached hydrogens (tertiary/aromatic N) is 1. The van der Waals surface area contributed by atoms with Crippen LogP contribution in [0.2, 0.25) is 5.02 Å². The molecule has 0 saturated carbocycles. The van der Waals surface area contributed by atoms with E-state index < -0.39 is 0 Å². The van der Waals surface area contributed by atoms with Gasteiger partial charge in [0.25, 0.3) is 11.8 Å². The van der Waals surface area contributed by atoms with Gasteiger partial charge in [0.05, 0.1) is 22.8 Å². The summed E-state index contributed by atoms with van der Waals surface area (Å²) in [5.74, 6) is -0.420. The number of imide groups is 1. The summed E-state index contributed by atoms with van der Waals surface area (Å²) in [4.78, 5) is 27.6. The molecule has 1 aliphatic rings. The lowest BCUT2D eigenvalue weighted by molar-refractivity contribution is -0.119. The maximum absolute atomic E-state index is 13.1. The highest BCUT2D eigenvalue weighted by Crippen LogP contribution is 2.39. The van der Waals surface area contributed by atoms with Gasteiger partial charge in [0.15, 0.2) is 0 Å². The molecule has 0 aliphatic carbocycles. The van der Waals surface area contributed by atoms with Crippen molar-refractivity contribution in [3.63, 3.8) is 0 Å². The number of aliphatic hydroxyl groups excluding tert-OH is 1. The van der Waals surface area contributed by atoms with Crippen molar-refractivity contribution < 1.29 is 14.7 Å². The molecule has 1 aliphatic heterocycles. The molecule has 2 amide bonds. The Kier molecular flexibility index (Phi) is 5.51. The van der Waals surface area contributed by atoms with E-state index in [1.807, 2.05) is 32.0 Å². The van der Waals surface area contributed by atoms with Gasteiger partial charge < -0.3 is 5.11 Å². The molecule has 1 heterocycles. The number of hydrogen-bond acceptors (Lipinski definition) is 4. The largest absolute Gasteiger partial charge is 0.396 e. The summed E-state index contributed by atoms with van der Waals surface area (Å²) in [5, 5.41) is 9.62. The summed E-state index contributed by atoms with van der Waals surface area (Å²) in [6.07, 6.45) is 0. The summed E-state index contributed by atoms with van der Waals surface area (Å²) in [7, 11) is 0. The Labute approximate surface area is 161 Å². The lowest BCUT2D eigenvalue weighted by atomic mass is 10.0. The summed E-state index contributed by atoms with van der Waals surface area (Å²) in [6, 6.07) is 12.4. The maximum atomic E-state index is 13.1. The van der Waals surface area contributed by atoms with Crippen LogP contribution in [0, 0.1) is 13.8 Å². The minimum atomic E-state index is -0.385. The lowest BCUT2D eigenvalue weighted by Crippen LogP contribution is -2.31. The average Bonchev–Trinajstić information content (AvgIpc) is 2.85. The Balaban J connectivity index is 2.10. The van der Waals surface area contributed by atoms with Crippen LogP contribution in [0.1, 0.15) is 16.7 Å². The highest BCUT2D eigenvalue weighted by Gasteiger charge is 2.40. The zero-order chi connectivity index (χ0) is 18.8. The summed E-state index contributed by atoms with van der Waals surface area (Å²) >= 11 is 7.23. The minimum Gasteiger partial charge on any atom is -0.396 e. The van der Waals surface area contributed by atoms with Gasteiger partial charge in [0.2, 0.25) is 0 Å². The Morgan fingerprint density at radius 3 is 2.46 bits per heavy atom. The van der Waals surface area contributed by atoms with E-state index in [1.165, 1.54) is 11.8 Å². The molecule has 0 bridgehead atoms. The molecule has 0 atom stereocenters. The standard InChI is InChI=1S/C20H18ClNO3S/c1-12-6-7-14(10-13(12)2)17-18(26-9-8-23)20(25)22(19(17)24)16-5-3-4-15(21)11-16/h3-7,10-11,23H,8-9H2,1-2H3. The smallest absolute Gasteiger partial charge is 0.272 e. The van der Waals surface area contributed by atoms with Crippen LogP contribution in [0.4, 0.5) is 5.69 Å². The molecule has 0 fully saturated rings. The lowest BCUT2D eigenvalue weighted by Gasteiger charge is -2.15. The first kappa shape index (κ1) is 18.7. The molecule has 0 aromatic heterocycles. The third-order valence-electron chi connectivity index (χ3n) is 4.24. The van der Waals surface area contributed by atoms with E-state index in [0.29, 0.717) is 32.5 Å². The van der Waals surface area contributed by atoms with Crippen LogP contribution in [0.15, 0.2) is 47.4 Å². The highest BCUT2D eigenvalue weighted by atomic mass is 35.5. The van der Waals surface area contributed by atoms with Gasteiger partial charge >= 0.3 is 0 Å². The number of amides is 2. The molecule has 26 heavy (non-hydrogen) atoms. The van der Waals surface area contributed by atoms with Gasteiger partial charge in [-0.25, -0.2) is 4.90 Å². The molecule has 0 unspecified atom stereocenters. The van der Waals surface area contributed by atoms with Gasteiger partial charge in [-0.05, 0) is 48.7 Å².